The summed E-state index contributed by atoms with van der Waals surface area (Å²) in [5, 5.41) is 0. The number of halogens is 1. The van der Waals surface area contributed by atoms with E-state index in [-0.39, 0.29) is 11.9 Å². The number of hydrogen-bond donors (Lipinski definition) is 1. The van der Waals surface area contributed by atoms with Gasteiger partial charge in [-0.1, -0.05) is 28.1 Å². The van der Waals surface area contributed by atoms with Gasteiger partial charge in [-0.05, 0) is 30.5 Å². The Bertz CT molecular complexity index is 408. The van der Waals surface area contributed by atoms with Crippen LogP contribution in [0, 0.1) is 0 Å². The van der Waals surface area contributed by atoms with Gasteiger partial charge in [-0.25, -0.2) is 0 Å². The first-order valence-electron chi connectivity index (χ1n) is 5.94. The van der Waals surface area contributed by atoms with Crippen molar-refractivity contribution in [3.63, 3.8) is 0 Å². The fourth-order valence-corrected chi connectivity index (χ4v) is 2.78. The minimum Gasteiger partial charge on any atom is -0.338 e. The fourth-order valence-electron chi connectivity index (χ4n) is 2.33. The molecule has 0 radical (unpaired) electrons. The summed E-state index contributed by atoms with van der Waals surface area (Å²) in [5.41, 5.74) is 6.73. The molecule has 1 aromatic carbocycles. The first kappa shape index (κ1) is 12.6. The summed E-state index contributed by atoms with van der Waals surface area (Å²) in [5.74, 6) is 0.191. The van der Waals surface area contributed by atoms with Crippen molar-refractivity contribution in [2.45, 2.75) is 25.3 Å². The van der Waals surface area contributed by atoms with Crippen molar-refractivity contribution in [1.29, 1.82) is 0 Å². The Labute approximate surface area is 110 Å². The molecule has 2 rings (SSSR count). The zero-order valence-electron chi connectivity index (χ0n) is 9.73. The van der Waals surface area contributed by atoms with Crippen LogP contribution < -0.4 is 5.73 Å². The van der Waals surface area contributed by atoms with Crippen LogP contribution in [0.25, 0.3) is 0 Å². The van der Waals surface area contributed by atoms with Gasteiger partial charge in [0, 0.05) is 23.6 Å². The SMILES string of the molecule is NCC1CCCN1C(=O)Cc1cccc(Br)c1. The Morgan fingerprint density at radius 3 is 3.06 bits per heavy atom. The number of nitrogens with zero attached hydrogens (tertiary/aromatic N) is 1. The lowest BCUT2D eigenvalue weighted by Gasteiger charge is -2.23. The first-order chi connectivity index (χ1) is 8.20. The Kier molecular flexibility index (Phi) is 4.18. The molecule has 1 fully saturated rings. The van der Waals surface area contributed by atoms with Gasteiger partial charge in [-0.15, -0.1) is 0 Å². The van der Waals surface area contributed by atoms with Crippen LogP contribution >= 0.6 is 15.9 Å². The monoisotopic (exact) mass is 296 g/mol. The van der Waals surface area contributed by atoms with E-state index < -0.39 is 0 Å². The van der Waals surface area contributed by atoms with E-state index in [0.29, 0.717) is 13.0 Å². The van der Waals surface area contributed by atoms with Crippen LogP contribution in [0.15, 0.2) is 28.7 Å². The highest BCUT2D eigenvalue weighted by Gasteiger charge is 2.27. The van der Waals surface area contributed by atoms with Gasteiger partial charge in [0.25, 0.3) is 0 Å². The summed E-state index contributed by atoms with van der Waals surface area (Å²) in [6.07, 6.45) is 2.59. The molecule has 3 nitrogen and oxygen atoms in total. The molecule has 1 amide bonds. The molecule has 0 bridgehead atoms. The third kappa shape index (κ3) is 3.07. The summed E-state index contributed by atoms with van der Waals surface area (Å²) >= 11 is 3.42. The standard InChI is InChI=1S/C13H17BrN2O/c14-11-4-1-3-10(7-11)8-13(17)16-6-2-5-12(16)9-15/h1,3-4,7,12H,2,5-6,8-9,15H2. The predicted octanol–water partition coefficient (Wildman–Crippen LogP) is 1.94. The van der Waals surface area contributed by atoms with Gasteiger partial charge in [0.05, 0.1) is 6.42 Å². The smallest absolute Gasteiger partial charge is 0.227 e. The van der Waals surface area contributed by atoms with Crippen molar-refractivity contribution in [3.8, 4) is 0 Å². The van der Waals surface area contributed by atoms with Crippen molar-refractivity contribution >= 4 is 21.8 Å². The van der Waals surface area contributed by atoms with Crippen molar-refractivity contribution in [2.24, 2.45) is 5.73 Å². The second kappa shape index (κ2) is 5.65. The van der Waals surface area contributed by atoms with Crippen LogP contribution in [0.5, 0.6) is 0 Å². The van der Waals surface area contributed by atoms with Gasteiger partial charge in [0.1, 0.15) is 0 Å². The zero-order chi connectivity index (χ0) is 12.3. The Morgan fingerprint density at radius 1 is 1.53 bits per heavy atom. The number of hydrogen-bond acceptors (Lipinski definition) is 2. The highest BCUT2D eigenvalue weighted by molar-refractivity contribution is 9.10. The van der Waals surface area contributed by atoms with Gasteiger partial charge >= 0.3 is 0 Å². The van der Waals surface area contributed by atoms with Gasteiger partial charge < -0.3 is 10.6 Å². The van der Waals surface area contributed by atoms with Crippen molar-refractivity contribution < 1.29 is 4.79 Å². The molecule has 1 aromatic rings. The maximum absolute atomic E-state index is 12.2. The van der Waals surface area contributed by atoms with Crippen molar-refractivity contribution in [3.05, 3.63) is 34.3 Å². The minimum atomic E-state index is 0.191. The van der Waals surface area contributed by atoms with Crippen molar-refractivity contribution in [1.82, 2.24) is 4.90 Å². The number of benzene rings is 1. The summed E-state index contributed by atoms with van der Waals surface area (Å²) in [4.78, 5) is 14.1. The van der Waals surface area contributed by atoms with Crippen LogP contribution in [0.1, 0.15) is 18.4 Å². The van der Waals surface area contributed by atoms with Gasteiger partial charge in [0.2, 0.25) is 5.91 Å². The van der Waals surface area contributed by atoms with E-state index in [9.17, 15) is 4.79 Å². The van der Waals surface area contributed by atoms with Crippen LogP contribution in [-0.4, -0.2) is 29.9 Å². The number of carbonyl (C=O) groups excluding carboxylic acids is 1. The van der Waals surface area contributed by atoms with Crippen LogP contribution in [-0.2, 0) is 11.2 Å². The summed E-state index contributed by atoms with van der Waals surface area (Å²) in [6, 6.07) is 8.14. The summed E-state index contributed by atoms with van der Waals surface area (Å²) < 4.78 is 1.01. The van der Waals surface area contributed by atoms with Crippen LogP contribution in [0.4, 0.5) is 0 Å². The average molecular weight is 297 g/mol. The number of likely N-dealkylation sites (tertiary alicyclic amines) is 1. The zero-order valence-corrected chi connectivity index (χ0v) is 11.3. The molecule has 1 atom stereocenters. The quantitative estimate of drug-likeness (QED) is 0.927. The maximum Gasteiger partial charge on any atom is 0.227 e. The van der Waals surface area contributed by atoms with E-state index in [0.717, 1.165) is 29.4 Å². The molecule has 0 aromatic heterocycles. The van der Waals surface area contributed by atoms with E-state index in [1.807, 2.05) is 29.2 Å². The van der Waals surface area contributed by atoms with E-state index in [4.69, 9.17) is 5.73 Å². The number of amides is 1. The van der Waals surface area contributed by atoms with Crippen LogP contribution in [0.3, 0.4) is 0 Å². The molecule has 1 aliphatic rings. The molecule has 1 aliphatic heterocycles. The van der Waals surface area contributed by atoms with Gasteiger partial charge in [-0.2, -0.15) is 0 Å². The Hall–Kier alpha value is -0.870. The van der Waals surface area contributed by atoms with E-state index in [1.54, 1.807) is 0 Å². The molecule has 92 valence electrons. The molecule has 17 heavy (non-hydrogen) atoms. The van der Waals surface area contributed by atoms with Gasteiger partial charge in [-0.3, -0.25) is 4.79 Å². The number of nitrogens with two attached hydrogens (primary N) is 1. The molecule has 2 N–H and O–H groups in total. The van der Waals surface area contributed by atoms with E-state index in [1.165, 1.54) is 0 Å². The minimum absolute atomic E-state index is 0.191. The molecule has 0 aliphatic carbocycles. The second-order valence-corrected chi connectivity index (χ2v) is 5.34. The molecule has 1 saturated heterocycles. The first-order valence-corrected chi connectivity index (χ1v) is 6.74. The highest BCUT2D eigenvalue weighted by atomic mass is 79.9. The Morgan fingerprint density at radius 2 is 2.35 bits per heavy atom. The third-order valence-electron chi connectivity index (χ3n) is 3.21. The van der Waals surface area contributed by atoms with Gasteiger partial charge in [0.15, 0.2) is 0 Å². The molecular formula is C13H17BrN2O. The fraction of sp³-hybridized carbons (Fsp3) is 0.462. The van der Waals surface area contributed by atoms with Crippen LogP contribution in [0.2, 0.25) is 0 Å². The van der Waals surface area contributed by atoms with E-state index >= 15 is 0 Å². The Balaban J connectivity index is 2.01. The molecular weight excluding hydrogens is 280 g/mol. The lowest BCUT2D eigenvalue weighted by atomic mass is 10.1. The summed E-state index contributed by atoms with van der Waals surface area (Å²) in [6.45, 7) is 1.43. The van der Waals surface area contributed by atoms with E-state index in [2.05, 4.69) is 15.9 Å². The maximum atomic E-state index is 12.2. The molecule has 1 unspecified atom stereocenters. The third-order valence-corrected chi connectivity index (χ3v) is 3.71. The largest absolute Gasteiger partial charge is 0.338 e. The average Bonchev–Trinajstić information content (AvgIpc) is 2.77. The molecule has 0 saturated carbocycles. The molecule has 0 spiro atoms. The summed E-state index contributed by atoms with van der Waals surface area (Å²) in [7, 11) is 0. The number of rotatable bonds is 3. The topological polar surface area (TPSA) is 46.3 Å². The second-order valence-electron chi connectivity index (χ2n) is 4.43. The molecule has 1 heterocycles. The highest BCUT2D eigenvalue weighted by Crippen LogP contribution is 2.18. The lowest BCUT2D eigenvalue weighted by molar-refractivity contribution is -0.131. The lowest BCUT2D eigenvalue weighted by Crippen LogP contribution is -2.40. The normalized spacial score (nSPS) is 19.6. The van der Waals surface area contributed by atoms with Crippen molar-refractivity contribution in [2.75, 3.05) is 13.1 Å². The predicted molar refractivity (Wildman–Crippen MR) is 71.6 cm³/mol. The number of carbonyl (C=O) groups is 1. The molecule has 4 heteroatoms.